The van der Waals surface area contributed by atoms with Gasteiger partial charge in [0, 0.05) is 67.5 Å². The first-order valence-electron chi connectivity index (χ1n) is 14.6. The minimum atomic E-state index is -4.70. The zero-order chi connectivity index (χ0) is 33.2. The van der Waals surface area contributed by atoms with E-state index >= 15 is 0 Å². The number of rotatable bonds is 9. The molecule has 0 radical (unpaired) electrons. The number of aromatic nitrogens is 4. The average molecular weight is 644 g/mol. The summed E-state index contributed by atoms with van der Waals surface area (Å²) < 4.78 is 69.2. The molecule has 0 aliphatic carbocycles. The van der Waals surface area contributed by atoms with Gasteiger partial charge in [-0.05, 0) is 56.7 Å². The molecule has 46 heavy (non-hydrogen) atoms. The summed E-state index contributed by atoms with van der Waals surface area (Å²) in [4.78, 5) is 25.1. The maximum absolute atomic E-state index is 13.9. The van der Waals surface area contributed by atoms with E-state index in [2.05, 4.69) is 31.0 Å². The van der Waals surface area contributed by atoms with Gasteiger partial charge in [-0.3, -0.25) is 9.69 Å². The monoisotopic (exact) mass is 643 g/mol. The van der Waals surface area contributed by atoms with Crippen LogP contribution in [-0.4, -0.2) is 76.2 Å². The standard InChI is InChI=1S/C31H34F5N9O/c1-18-5-6-23(13-25(18)41-29-9-19(2)42-45(29)28-14-27(37-4)38-17-39-28)40-30(46)21-10-22(31(34,35)36)12-24(11-21)44-8-7-43(15-20(44)3)16-26(32)33/h5-6,9-14,17,20,26,41H,7-8,15-16H2,1-4H3,(H,40,46)(H,37,38,39)/t20-/m1/s1. The van der Waals surface area contributed by atoms with Gasteiger partial charge < -0.3 is 20.9 Å². The Morgan fingerprint density at radius 2 is 1.83 bits per heavy atom. The molecule has 3 N–H and O–H groups in total. The molecule has 1 saturated heterocycles. The topological polar surface area (TPSA) is 103 Å². The first-order valence-corrected chi connectivity index (χ1v) is 14.6. The molecule has 1 atom stereocenters. The largest absolute Gasteiger partial charge is 0.416 e. The fourth-order valence-corrected chi connectivity index (χ4v) is 5.39. The van der Waals surface area contributed by atoms with E-state index in [0.717, 1.165) is 23.4 Å². The summed E-state index contributed by atoms with van der Waals surface area (Å²) in [5.74, 6) is 0.982. The quantitative estimate of drug-likeness (QED) is 0.188. The molecule has 1 aliphatic heterocycles. The van der Waals surface area contributed by atoms with Crippen molar-refractivity contribution >= 4 is 34.6 Å². The Morgan fingerprint density at radius 1 is 1.04 bits per heavy atom. The number of alkyl halides is 5. The van der Waals surface area contributed by atoms with Crippen LogP contribution >= 0.6 is 0 Å². The highest BCUT2D eigenvalue weighted by Crippen LogP contribution is 2.35. The van der Waals surface area contributed by atoms with Crippen LogP contribution in [0.4, 0.5) is 50.6 Å². The van der Waals surface area contributed by atoms with Crippen LogP contribution < -0.4 is 20.9 Å². The van der Waals surface area contributed by atoms with Crippen molar-refractivity contribution in [3.8, 4) is 5.82 Å². The predicted octanol–water partition coefficient (Wildman–Crippen LogP) is 6.11. The van der Waals surface area contributed by atoms with Crippen LogP contribution in [0.25, 0.3) is 5.82 Å². The molecule has 2 aromatic carbocycles. The minimum Gasteiger partial charge on any atom is -0.373 e. The summed E-state index contributed by atoms with van der Waals surface area (Å²) in [6.07, 6.45) is -5.79. The average Bonchev–Trinajstić information content (AvgIpc) is 3.37. The fraction of sp³-hybridized carbons (Fsp3) is 0.355. The number of hydrogen-bond acceptors (Lipinski definition) is 8. The Kier molecular flexibility index (Phi) is 9.42. The number of hydrogen-bond donors (Lipinski definition) is 3. The Morgan fingerprint density at radius 3 is 2.52 bits per heavy atom. The van der Waals surface area contributed by atoms with E-state index in [-0.39, 0.29) is 36.9 Å². The summed E-state index contributed by atoms with van der Waals surface area (Å²) in [6, 6.07) is 11.5. The van der Waals surface area contributed by atoms with Gasteiger partial charge in [-0.2, -0.15) is 23.0 Å². The third kappa shape index (κ3) is 7.53. The van der Waals surface area contributed by atoms with E-state index in [0.29, 0.717) is 28.8 Å². The zero-order valence-electron chi connectivity index (χ0n) is 25.7. The van der Waals surface area contributed by atoms with E-state index in [4.69, 9.17) is 0 Å². The van der Waals surface area contributed by atoms with Gasteiger partial charge in [0.15, 0.2) is 5.82 Å². The van der Waals surface area contributed by atoms with Gasteiger partial charge in [-0.1, -0.05) is 6.07 Å². The van der Waals surface area contributed by atoms with Crippen LogP contribution in [0.3, 0.4) is 0 Å². The SMILES string of the molecule is CNc1cc(-n2nc(C)cc2Nc2cc(NC(=O)c3cc(N4CCN(CC(F)F)C[C@H]4C)cc(C(F)(F)F)c3)ccc2C)ncn1. The number of amides is 1. The molecule has 1 amide bonds. The van der Waals surface area contributed by atoms with Crippen LogP contribution in [0, 0.1) is 13.8 Å². The molecule has 15 heteroatoms. The molecule has 244 valence electrons. The second kappa shape index (κ2) is 13.3. The molecule has 1 fully saturated rings. The summed E-state index contributed by atoms with van der Waals surface area (Å²) >= 11 is 0. The van der Waals surface area contributed by atoms with E-state index in [1.807, 2.05) is 19.9 Å². The maximum atomic E-state index is 13.9. The summed E-state index contributed by atoms with van der Waals surface area (Å²) in [6.45, 7) is 5.82. The lowest BCUT2D eigenvalue weighted by Crippen LogP contribution is -2.53. The Balaban J connectivity index is 1.39. The van der Waals surface area contributed by atoms with Crippen LogP contribution in [0.5, 0.6) is 0 Å². The summed E-state index contributed by atoms with van der Waals surface area (Å²) in [7, 11) is 1.74. The highest BCUT2D eigenvalue weighted by atomic mass is 19.4. The van der Waals surface area contributed by atoms with E-state index in [1.54, 1.807) is 52.7 Å². The van der Waals surface area contributed by atoms with Crippen molar-refractivity contribution in [2.75, 3.05) is 54.1 Å². The zero-order valence-corrected chi connectivity index (χ0v) is 25.7. The number of halogens is 5. The number of nitrogens with one attached hydrogen (secondary N) is 3. The van der Waals surface area contributed by atoms with E-state index in [9.17, 15) is 26.7 Å². The molecule has 0 spiro atoms. The Bertz CT molecular complexity index is 1710. The van der Waals surface area contributed by atoms with Gasteiger partial charge >= 0.3 is 6.18 Å². The van der Waals surface area contributed by atoms with Crippen molar-refractivity contribution in [1.82, 2.24) is 24.6 Å². The van der Waals surface area contributed by atoms with Gasteiger partial charge in [0.05, 0.1) is 17.8 Å². The third-order valence-electron chi connectivity index (χ3n) is 7.66. The first-order chi connectivity index (χ1) is 21.8. The van der Waals surface area contributed by atoms with Crippen LogP contribution in [0.1, 0.15) is 34.1 Å². The fourth-order valence-electron chi connectivity index (χ4n) is 5.39. The molecular weight excluding hydrogens is 609 g/mol. The molecule has 0 unspecified atom stereocenters. The van der Waals surface area contributed by atoms with Crippen molar-refractivity contribution in [3.63, 3.8) is 0 Å². The third-order valence-corrected chi connectivity index (χ3v) is 7.66. The highest BCUT2D eigenvalue weighted by molar-refractivity contribution is 6.05. The van der Waals surface area contributed by atoms with Crippen LogP contribution in [0.2, 0.25) is 0 Å². The first kappa shape index (κ1) is 32.6. The van der Waals surface area contributed by atoms with Gasteiger partial charge in [0.25, 0.3) is 12.3 Å². The number of piperazine rings is 1. The molecule has 0 saturated carbocycles. The number of carbonyl (C=O) groups is 1. The molecule has 4 aromatic rings. The molecular formula is C31H34F5N9O. The summed E-state index contributed by atoms with van der Waals surface area (Å²) in [5, 5.41) is 13.5. The highest BCUT2D eigenvalue weighted by Gasteiger charge is 2.34. The van der Waals surface area contributed by atoms with Gasteiger partial charge in [-0.15, -0.1) is 0 Å². The molecule has 0 bridgehead atoms. The van der Waals surface area contributed by atoms with Crippen LogP contribution in [0.15, 0.2) is 54.9 Å². The minimum absolute atomic E-state index is 0.181. The van der Waals surface area contributed by atoms with E-state index < -0.39 is 30.6 Å². The van der Waals surface area contributed by atoms with Gasteiger partial charge in [0.2, 0.25) is 0 Å². The Labute approximate surface area is 262 Å². The predicted molar refractivity (Wildman–Crippen MR) is 167 cm³/mol. The second-order valence-corrected chi connectivity index (χ2v) is 11.2. The lowest BCUT2D eigenvalue weighted by atomic mass is 10.0. The number of carbonyl (C=O) groups excluding carboxylic acids is 1. The molecule has 3 heterocycles. The normalized spacial score (nSPS) is 15.7. The molecule has 2 aromatic heterocycles. The second-order valence-electron chi connectivity index (χ2n) is 11.2. The number of aryl methyl sites for hydroxylation is 2. The number of benzene rings is 2. The van der Waals surface area contributed by atoms with E-state index in [1.165, 1.54) is 12.4 Å². The smallest absolute Gasteiger partial charge is 0.373 e. The Hall–Kier alpha value is -4.79. The molecule has 1 aliphatic rings. The number of anilines is 5. The van der Waals surface area contributed by atoms with Gasteiger partial charge in [-0.25, -0.2) is 18.7 Å². The lowest BCUT2D eigenvalue weighted by Gasteiger charge is -2.41. The van der Waals surface area contributed by atoms with Gasteiger partial charge in [0.1, 0.15) is 18.0 Å². The van der Waals surface area contributed by atoms with Crippen molar-refractivity contribution in [3.05, 3.63) is 77.2 Å². The molecule has 10 nitrogen and oxygen atoms in total. The number of nitrogens with zero attached hydrogens (tertiary/aromatic N) is 6. The van der Waals surface area contributed by atoms with Crippen molar-refractivity contribution in [2.24, 2.45) is 0 Å². The van der Waals surface area contributed by atoms with Crippen molar-refractivity contribution in [2.45, 2.75) is 39.4 Å². The summed E-state index contributed by atoms with van der Waals surface area (Å²) in [5.41, 5.74) is 1.58. The van der Waals surface area contributed by atoms with Crippen molar-refractivity contribution in [1.29, 1.82) is 0 Å². The molecule has 5 rings (SSSR count). The van der Waals surface area contributed by atoms with Crippen LogP contribution in [-0.2, 0) is 6.18 Å². The maximum Gasteiger partial charge on any atom is 0.416 e. The van der Waals surface area contributed by atoms with Crippen molar-refractivity contribution < 1.29 is 26.7 Å². The lowest BCUT2D eigenvalue weighted by molar-refractivity contribution is -0.137.